The third-order valence-electron chi connectivity index (χ3n) is 8.17. The number of hydrogen-bond acceptors (Lipinski definition) is 3. The third kappa shape index (κ3) is 5.18. The molecule has 7 heteroatoms. The number of carbonyl (C=O) groups excluding carboxylic acids is 1. The average molecular weight is 479 g/mol. The number of carbonyl (C=O) groups is 1. The molecule has 1 unspecified atom stereocenters. The van der Waals surface area contributed by atoms with E-state index in [9.17, 15) is 18.8 Å². The van der Waals surface area contributed by atoms with E-state index in [0.29, 0.717) is 18.0 Å². The van der Waals surface area contributed by atoms with Crippen LogP contribution in [0.4, 0.5) is 19.3 Å². The number of likely N-dealkylation sites (tertiary alicyclic amines) is 1. The van der Waals surface area contributed by atoms with Gasteiger partial charge in [0.05, 0.1) is 11.6 Å². The van der Waals surface area contributed by atoms with Crippen LogP contribution in [0.15, 0.2) is 42.5 Å². The van der Waals surface area contributed by atoms with Crippen LogP contribution in [0.3, 0.4) is 0 Å². The first-order valence-electron chi connectivity index (χ1n) is 12.7. The molecule has 3 atom stereocenters. The number of rotatable bonds is 7. The Kier molecular flexibility index (Phi) is 6.75. The van der Waals surface area contributed by atoms with E-state index in [1.807, 2.05) is 23.1 Å². The molecule has 35 heavy (non-hydrogen) atoms. The van der Waals surface area contributed by atoms with Crippen molar-refractivity contribution in [2.24, 2.45) is 5.92 Å². The molecule has 0 bridgehead atoms. The molecule has 1 heterocycles. The first-order chi connectivity index (χ1) is 17.0. The highest BCUT2D eigenvalue weighted by Crippen LogP contribution is 2.62. The zero-order chi connectivity index (χ0) is 24.4. The van der Waals surface area contributed by atoms with Crippen molar-refractivity contribution in [1.29, 1.82) is 5.26 Å². The van der Waals surface area contributed by atoms with E-state index in [0.717, 1.165) is 69.9 Å². The van der Waals surface area contributed by atoms with Gasteiger partial charge in [0.2, 0.25) is 0 Å². The van der Waals surface area contributed by atoms with Crippen LogP contribution in [-0.4, -0.2) is 48.1 Å². The maximum absolute atomic E-state index is 13.7. The summed E-state index contributed by atoms with van der Waals surface area (Å²) in [5.41, 5.74) is 2.18. The Morgan fingerprint density at radius 3 is 2.66 bits per heavy atom. The van der Waals surface area contributed by atoms with Crippen LogP contribution in [0.5, 0.6) is 0 Å². The van der Waals surface area contributed by atoms with Gasteiger partial charge in [0.15, 0.2) is 0 Å². The first-order valence-corrected chi connectivity index (χ1v) is 12.7. The van der Waals surface area contributed by atoms with Crippen molar-refractivity contribution in [2.45, 2.75) is 56.4 Å². The van der Waals surface area contributed by atoms with Crippen molar-refractivity contribution in [3.63, 3.8) is 0 Å². The number of urea groups is 1. The van der Waals surface area contributed by atoms with Crippen LogP contribution in [0.1, 0.15) is 56.1 Å². The summed E-state index contributed by atoms with van der Waals surface area (Å²) < 4.78 is 27.4. The largest absolute Gasteiger partial charge is 0.322 e. The van der Waals surface area contributed by atoms with Crippen LogP contribution in [-0.2, 0) is 5.41 Å². The van der Waals surface area contributed by atoms with E-state index in [4.69, 9.17) is 0 Å². The van der Waals surface area contributed by atoms with Gasteiger partial charge in [-0.3, -0.25) is 0 Å². The molecule has 2 aromatic rings. The topological polar surface area (TPSA) is 59.4 Å². The molecule has 0 spiro atoms. The quantitative estimate of drug-likeness (QED) is 0.558. The summed E-state index contributed by atoms with van der Waals surface area (Å²) in [6, 6.07) is 13.1. The van der Waals surface area contributed by atoms with Crippen molar-refractivity contribution in [3.8, 4) is 6.07 Å². The highest BCUT2D eigenvalue weighted by molar-refractivity contribution is 5.89. The minimum atomic E-state index is -0.707. The Balaban J connectivity index is 1.28. The molecule has 184 valence electrons. The van der Waals surface area contributed by atoms with E-state index in [-0.39, 0.29) is 23.2 Å². The predicted molar refractivity (Wildman–Crippen MR) is 131 cm³/mol. The Labute approximate surface area is 205 Å². The molecule has 5 nitrogen and oxygen atoms in total. The Hall–Kier alpha value is -2.98. The van der Waals surface area contributed by atoms with Gasteiger partial charge in [-0.05, 0) is 106 Å². The summed E-state index contributed by atoms with van der Waals surface area (Å²) in [7, 11) is 0. The van der Waals surface area contributed by atoms with Gasteiger partial charge >= 0.3 is 6.03 Å². The second-order valence-corrected chi connectivity index (χ2v) is 10.4. The lowest BCUT2D eigenvalue weighted by Gasteiger charge is -2.37. The van der Waals surface area contributed by atoms with Crippen LogP contribution in [0.25, 0.3) is 0 Å². The molecule has 2 amide bonds. The zero-order valence-corrected chi connectivity index (χ0v) is 20.0. The van der Waals surface area contributed by atoms with Gasteiger partial charge in [0, 0.05) is 24.3 Å². The minimum Gasteiger partial charge on any atom is -0.321 e. The number of nitrogens with one attached hydrogen (secondary N) is 1. The molecule has 2 saturated carbocycles. The normalized spacial score (nSPS) is 25.5. The first kappa shape index (κ1) is 23.7. The standard InChI is InChI=1S/C28H32F2N4O/c29-23-15-24(30)17-25(16-23)32-27(35)34(12-4-11-33-9-1-2-10-33)26-7-8-28(18-22(28)14-26)21-6-3-5-20(13-21)19-31/h3,5-6,13,15-17,22,26H,1-2,4,7-12,14,18H2,(H,32,35)/t22?,26-,28+/m1/s1. The van der Waals surface area contributed by atoms with Crippen LogP contribution in [0, 0.1) is 28.9 Å². The van der Waals surface area contributed by atoms with E-state index in [1.165, 1.54) is 18.4 Å². The summed E-state index contributed by atoms with van der Waals surface area (Å²) in [5, 5.41) is 12.0. The van der Waals surface area contributed by atoms with Crippen molar-refractivity contribution >= 4 is 11.7 Å². The van der Waals surface area contributed by atoms with E-state index < -0.39 is 11.6 Å². The number of hydrogen-bond donors (Lipinski definition) is 1. The third-order valence-corrected chi connectivity index (χ3v) is 8.17. The van der Waals surface area contributed by atoms with Crippen LogP contribution >= 0.6 is 0 Å². The van der Waals surface area contributed by atoms with Gasteiger partial charge in [-0.2, -0.15) is 5.26 Å². The molecule has 2 aliphatic carbocycles. The van der Waals surface area contributed by atoms with Crippen molar-refractivity contribution < 1.29 is 13.6 Å². The zero-order valence-electron chi connectivity index (χ0n) is 20.0. The lowest BCUT2D eigenvalue weighted by molar-refractivity contribution is 0.156. The van der Waals surface area contributed by atoms with Gasteiger partial charge in [-0.25, -0.2) is 13.6 Å². The predicted octanol–water partition coefficient (Wildman–Crippen LogP) is 5.67. The van der Waals surface area contributed by atoms with E-state index in [2.05, 4.69) is 22.4 Å². The highest BCUT2D eigenvalue weighted by atomic mass is 19.1. The van der Waals surface area contributed by atoms with Crippen molar-refractivity contribution in [3.05, 3.63) is 65.2 Å². The molecular formula is C28H32F2N4O. The number of halogens is 2. The fraction of sp³-hybridized carbons (Fsp3) is 0.500. The van der Waals surface area contributed by atoms with E-state index >= 15 is 0 Å². The molecule has 1 N–H and O–H groups in total. The molecule has 5 rings (SSSR count). The Morgan fingerprint density at radius 1 is 1.17 bits per heavy atom. The summed E-state index contributed by atoms with van der Waals surface area (Å²) >= 11 is 0. The van der Waals surface area contributed by atoms with Gasteiger partial charge in [-0.15, -0.1) is 0 Å². The monoisotopic (exact) mass is 478 g/mol. The maximum Gasteiger partial charge on any atom is 0.322 e. The molecule has 1 aliphatic heterocycles. The fourth-order valence-electron chi connectivity index (χ4n) is 6.29. The van der Waals surface area contributed by atoms with Gasteiger partial charge < -0.3 is 15.1 Å². The minimum absolute atomic E-state index is 0.0896. The summed E-state index contributed by atoms with van der Waals surface area (Å²) in [5.74, 6) is -0.933. The molecule has 0 radical (unpaired) electrons. The maximum atomic E-state index is 13.7. The molecule has 3 aliphatic rings. The molecule has 2 aromatic carbocycles. The van der Waals surface area contributed by atoms with Gasteiger partial charge in [0.1, 0.15) is 11.6 Å². The number of nitriles is 1. The fourth-order valence-corrected chi connectivity index (χ4v) is 6.29. The SMILES string of the molecule is N#Cc1cccc([C@@]23CC[C@@H](N(CCCN4CCCC4)C(=O)Nc4cc(F)cc(F)c4)CC2C3)c1. The number of benzene rings is 2. The number of amides is 2. The van der Waals surface area contributed by atoms with Crippen LogP contribution < -0.4 is 5.32 Å². The summed E-state index contributed by atoms with van der Waals surface area (Å²) in [6.45, 7) is 3.81. The van der Waals surface area contributed by atoms with Crippen LogP contribution in [0.2, 0.25) is 0 Å². The van der Waals surface area contributed by atoms with E-state index in [1.54, 1.807) is 0 Å². The van der Waals surface area contributed by atoms with Crippen molar-refractivity contribution in [2.75, 3.05) is 31.5 Å². The molecular weight excluding hydrogens is 446 g/mol. The number of fused-ring (bicyclic) bond motifs is 1. The molecule has 3 fully saturated rings. The number of anilines is 1. The van der Waals surface area contributed by atoms with Gasteiger partial charge in [-0.1, -0.05) is 12.1 Å². The lowest BCUT2D eigenvalue weighted by Crippen LogP contribution is -2.46. The molecule has 0 aromatic heterocycles. The lowest BCUT2D eigenvalue weighted by atomic mass is 9.80. The van der Waals surface area contributed by atoms with Gasteiger partial charge in [0.25, 0.3) is 0 Å². The Morgan fingerprint density at radius 2 is 1.94 bits per heavy atom. The second kappa shape index (κ2) is 9.94. The highest BCUT2D eigenvalue weighted by Gasteiger charge is 2.58. The smallest absolute Gasteiger partial charge is 0.321 e. The average Bonchev–Trinajstić information content (AvgIpc) is 3.35. The Bertz CT molecular complexity index is 1110. The summed E-state index contributed by atoms with van der Waals surface area (Å²) in [4.78, 5) is 17.7. The van der Waals surface area contributed by atoms with Crippen molar-refractivity contribution in [1.82, 2.24) is 9.80 Å². The molecule has 1 saturated heterocycles. The second-order valence-electron chi connectivity index (χ2n) is 10.4. The summed E-state index contributed by atoms with van der Waals surface area (Å²) in [6.07, 6.45) is 7.18. The number of nitrogens with zero attached hydrogens (tertiary/aromatic N) is 3.